The maximum Gasteiger partial charge on any atom is 0.320 e. The van der Waals surface area contributed by atoms with E-state index in [9.17, 15) is 14.4 Å². The number of anilines is 6. The van der Waals surface area contributed by atoms with E-state index in [1.54, 1.807) is 9.80 Å². The number of rotatable bonds is 20. The molecule has 432 valence electrons. The minimum absolute atomic E-state index is 0. The first-order valence-corrected chi connectivity index (χ1v) is 27.8. The Hall–Kier alpha value is -4.80. The Labute approximate surface area is 474 Å². The van der Waals surface area contributed by atoms with E-state index in [-0.39, 0.29) is 91.6 Å². The average Bonchev–Trinajstić information content (AvgIpc) is 3.99. The zero-order valence-electron chi connectivity index (χ0n) is 46.4. The first kappa shape index (κ1) is 64.7. The van der Waals surface area contributed by atoms with Crippen LogP contribution in [-0.4, -0.2) is 137 Å². The number of carbonyl (C=O) groups excluding carboxylic acids is 3. The molecule has 0 aliphatic carbocycles. The van der Waals surface area contributed by atoms with E-state index < -0.39 is 0 Å². The summed E-state index contributed by atoms with van der Waals surface area (Å²) in [6.07, 6.45) is 14.6. The second kappa shape index (κ2) is 31.7. The Kier molecular flexibility index (Phi) is 26.6. The molecule has 3 fully saturated rings. The topological polar surface area (TPSA) is 271 Å². The SMILES string of the molecule is CCCCOc1nc(N)c2c(n1)N(CC1CCNCC1)C(=O)C2.CCC[C@H](C)Oc1nc(N)c2c(n1)N(CC1CCN(CCC)CC1)C(=O)C2.CCC[C@H](C)Oc1nc(N)c2c(n1)N(CC1CCNCC1)C(=O)C2.Cl.Cl.Cl. The number of halogens is 3. The fourth-order valence-corrected chi connectivity index (χ4v) is 10.6. The predicted molar refractivity (Wildman–Crippen MR) is 310 cm³/mol. The van der Waals surface area contributed by atoms with Gasteiger partial charge >= 0.3 is 18.0 Å². The second-order valence-corrected chi connectivity index (χ2v) is 20.9. The minimum atomic E-state index is 0. The van der Waals surface area contributed by atoms with Gasteiger partial charge in [-0.05, 0) is 142 Å². The van der Waals surface area contributed by atoms with Crippen LogP contribution in [0.3, 0.4) is 0 Å². The fraction of sp³-hybridized carbons (Fsp3) is 0.717. The van der Waals surface area contributed by atoms with Crippen molar-refractivity contribution in [2.45, 2.75) is 156 Å². The van der Waals surface area contributed by atoms with Crippen LogP contribution in [0.4, 0.5) is 34.9 Å². The fourth-order valence-electron chi connectivity index (χ4n) is 10.6. The van der Waals surface area contributed by atoms with Gasteiger partial charge in [-0.2, -0.15) is 29.9 Å². The van der Waals surface area contributed by atoms with E-state index in [1.807, 2.05) is 18.7 Å². The van der Waals surface area contributed by atoms with Crippen molar-refractivity contribution in [3.8, 4) is 18.0 Å². The van der Waals surface area contributed by atoms with E-state index in [0.29, 0.717) is 91.7 Å². The summed E-state index contributed by atoms with van der Waals surface area (Å²) in [5, 5.41) is 6.70. The Balaban J connectivity index is 0.000000245. The van der Waals surface area contributed by atoms with Gasteiger partial charge in [-0.25, -0.2) is 0 Å². The van der Waals surface area contributed by atoms with Gasteiger partial charge in [-0.1, -0.05) is 47.0 Å². The number of amides is 3. The van der Waals surface area contributed by atoms with Crippen molar-refractivity contribution in [2.75, 3.05) is 104 Å². The van der Waals surface area contributed by atoms with Crippen molar-refractivity contribution in [3.05, 3.63) is 16.7 Å². The first-order valence-electron chi connectivity index (χ1n) is 27.8. The molecule has 8 N–H and O–H groups in total. The molecular formula is C53H88Cl3N15O6. The van der Waals surface area contributed by atoms with Gasteiger partial charge in [0.25, 0.3) is 0 Å². The van der Waals surface area contributed by atoms with Crippen molar-refractivity contribution in [2.24, 2.45) is 17.8 Å². The lowest BCUT2D eigenvalue weighted by Gasteiger charge is -2.33. The smallest absolute Gasteiger partial charge is 0.320 e. The summed E-state index contributed by atoms with van der Waals surface area (Å²) in [5.41, 5.74) is 20.4. The van der Waals surface area contributed by atoms with Gasteiger partial charge < -0.3 is 46.9 Å². The predicted octanol–water partition coefficient (Wildman–Crippen LogP) is 6.54. The highest BCUT2D eigenvalue weighted by Gasteiger charge is 2.37. The highest BCUT2D eigenvalue weighted by molar-refractivity contribution is 6.03. The number of nitrogen functional groups attached to an aromatic ring is 3. The number of hydrogen-bond donors (Lipinski definition) is 5. The van der Waals surface area contributed by atoms with Crippen molar-refractivity contribution in [1.29, 1.82) is 0 Å². The van der Waals surface area contributed by atoms with Gasteiger partial charge in [0.1, 0.15) is 34.9 Å². The van der Waals surface area contributed by atoms with E-state index in [1.165, 1.54) is 13.0 Å². The molecule has 6 aliphatic heterocycles. The summed E-state index contributed by atoms with van der Waals surface area (Å²) in [6, 6.07) is 0.835. The number of nitrogens with zero attached hydrogens (tertiary/aromatic N) is 10. The molecule has 9 rings (SSSR count). The average molecular weight is 1140 g/mol. The van der Waals surface area contributed by atoms with E-state index in [0.717, 1.165) is 133 Å². The molecule has 2 atom stereocenters. The molecular weight excluding hydrogens is 1050 g/mol. The number of nitrogens with one attached hydrogen (secondary N) is 2. The van der Waals surface area contributed by atoms with Crippen molar-refractivity contribution in [3.63, 3.8) is 0 Å². The standard InChI is InChI=1S/C20H33N5O2.C17H27N5O2.C16H25N5O2.3ClH/c1-4-6-14(3)27-20-22-18(21)16-12-17(26)25(19(16)23-20)13-15-7-10-24(9-5-2)11-8-15;1-3-4-11(2)24-17-20-15(18)13-9-14(23)22(16(13)21-17)10-12-5-7-19-8-6-12;1-2-3-8-23-16-19-14(17)12-9-13(22)21(15(12)20-16)10-11-4-6-18-7-5-11;;;/h14-15H,4-13H2,1-3H3,(H2,21,22,23);11-12,19H,3-10H2,1-2H3,(H2,18,20,21);11,18H,2-10H2,1H3,(H2,17,19,20);3*1H/t14-;11-;;;;/m00..../s1. The van der Waals surface area contributed by atoms with Crippen LogP contribution in [0.1, 0.15) is 142 Å². The maximum atomic E-state index is 12.6. The highest BCUT2D eigenvalue weighted by atomic mass is 35.5. The Morgan fingerprint density at radius 2 is 0.883 bits per heavy atom. The third kappa shape index (κ3) is 17.6. The molecule has 3 aromatic heterocycles. The number of piperidine rings is 3. The molecule has 0 unspecified atom stereocenters. The number of aromatic nitrogens is 6. The molecule has 0 aromatic carbocycles. The van der Waals surface area contributed by atoms with Crippen LogP contribution >= 0.6 is 37.2 Å². The quantitative estimate of drug-likeness (QED) is 0.0751. The second-order valence-electron chi connectivity index (χ2n) is 20.9. The van der Waals surface area contributed by atoms with Crippen LogP contribution in [0.15, 0.2) is 0 Å². The Bertz CT molecular complexity index is 2360. The number of hydrogen-bond acceptors (Lipinski definition) is 18. The monoisotopic (exact) mass is 1140 g/mol. The van der Waals surface area contributed by atoms with Crippen LogP contribution in [-0.2, 0) is 33.6 Å². The number of carbonyl (C=O) groups is 3. The maximum absolute atomic E-state index is 12.6. The van der Waals surface area contributed by atoms with E-state index in [4.69, 9.17) is 31.4 Å². The number of fused-ring (bicyclic) bond motifs is 3. The normalized spacial score (nSPS) is 18.3. The van der Waals surface area contributed by atoms with Crippen LogP contribution < -0.4 is 56.7 Å². The van der Waals surface area contributed by atoms with Crippen LogP contribution in [0.25, 0.3) is 0 Å². The molecule has 3 aromatic rings. The van der Waals surface area contributed by atoms with Crippen LogP contribution in [0.5, 0.6) is 18.0 Å². The van der Waals surface area contributed by atoms with Crippen molar-refractivity contribution >= 4 is 89.8 Å². The molecule has 0 saturated carbocycles. The minimum Gasteiger partial charge on any atom is -0.463 e. The molecule has 0 spiro atoms. The molecule has 3 amide bonds. The van der Waals surface area contributed by atoms with Crippen LogP contribution in [0, 0.1) is 17.8 Å². The van der Waals surface area contributed by atoms with Crippen molar-refractivity contribution in [1.82, 2.24) is 45.4 Å². The summed E-state index contributed by atoms with van der Waals surface area (Å²) >= 11 is 0. The third-order valence-electron chi connectivity index (χ3n) is 14.9. The van der Waals surface area contributed by atoms with Gasteiger partial charge in [-0.3, -0.25) is 29.1 Å². The van der Waals surface area contributed by atoms with Gasteiger partial charge in [0.05, 0.1) is 38.1 Å². The van der Waals surface area contributed by atoms with Crippen molar-refractivity contribution < 1.29 is 28.6 Å². The zero-order valence-corrected chi connectivity index (χ0v) is 48.8. The number of ether oxygens (including phenoxy) is 3. The molecule has 24 heteroatoms. The van der Waals surface area contributed by atoms with E-state index in [2.05, 4.69) is 73.1 Å². The summed E-state index contributed by atoms with van der Waals surface area (Å²) in [7, 11) is 0. The lowest BCUT2D eigenvalue weighted by atomic mass is 9.96. The third-order valence-corrected chi connectivity index (χ3v) is 14.9. The summed E-state index contributed by atoms with van der Waals surface area (Å²) in [5.74, 6) is 4.74. The van der Waals surface area contributed by atoms with Gasteiger partial charge in [0.15, 0.2) is 0 Å². The summed E-state index contributed by atoms with van der Waals surface area (Å²) < 4.78 is 17.2. The number of nitrogens with two attached hydrogens (primary N) is 3. The molecule has 0 radical (unpaired) electrons. The number of unbranched alkanes of at least 4 members (excludes halogenated alkanes) is 1. The van der Waals surface area contributed by atoms with Gasteiger partial charge in [0, 0.05) is 36.3 Å². The van der Waals surface area contributed by atoms with Gasteiger partial charge in [-0.15, -0.1) is 37.2 Å². The molecule has 77 heavy (non-hydrogen) atoms. The molecule has 9 heterocycles. The molecule has 6 aliphatic rings. The van der Waals surface area contributed by atoms with Gasteiger partial charge in [0.2, 0.25) is 17.7 Å². The molecule has 21 nitrogen and oxygen atoms in total. The highest BCUT2D eigenvalue weighted by Crippen LogP contribution is 2.37. The Morgan fingerprint density at radius 1 is 0.519 bits per heavy atom. The lowest BCUT2D eigenvalue weighted by Crippen LogP contribution is -2.40. The summed E-state index contributed by atoms with van der Waals surface area (Å²) in [6.45, 7) is 22.7. The lowest BCUT2D eigenvalue weighted by molar-refractivity contribution is -0.118. The zero-order chi connectivity index (χ0) is 52.7. The molecule has 0 bridgehead atoms. The first-order chi connectivity index (χ1) is 35.8. The Morgan fingerprint density at radius 3 is 1.25 bits per heavy atom. The largest absolute Gasteiger partial charge is 0.463 e. The molecule has 3 saturated heterocycles. The number of likely N-dealkylation sites (tertiary alicyclic amines) is 1. The summed E-state index contributed by atoms with van der Waals surface area (Å²) in [4.78, 5) is 71.5. The van der Waals surface area contributed by atoms with E-state index >= 15 is 0 Å². The van der Waals surface area contributed by atoms with Crippen LogP contribution in [0.2, 0.25) is 0 Å².